The number of imide groups is 1. The molecule has 0 bridgehead atoms. The van der Waals surface area contributed by atoms with Gasteiger partial charge in [0.05, 0.1) is 11.6 Å². The topological polar surface area (TPSA) is 78.5 Å². The first-order valence-electron chi connectivity index (χ1n) is 8.09. The fraction of sp³-hybridized carbons (Fsp3) is 0.471. The van der Waals surface area contributed by atoms with Gasteiger partial charge in [0.25, 0.3) is 0 Å². The molecule has 3 amide bonds. The smallest absolute Gasteiger partial charge is 0.321 e. The fourth-order valence-corrected chi connectivity index (χ4v) is 2.90. The highest BCUT2D eigenvalue weighted by Gasteiger charge is 2.31. The molecule has 0 aromatic heterocycles. The van der Waals surface area contributed by atoms with Crippen LogP contribution in [0.15, 0.2) is 18.2 Å². The first-order chi connectivity index (χ1) is 11.8. The molecule has 136 valence electrons. The van der Waals surface area contributed by atoms with Crippen LogP contribution >= 0.6 is 0 Å². The van der Waals surface area contributed by atoms with E-state index < -0.39 is 41.3 Å². The van der Waals surface area contributed by atoms with E-state index in [0.29, 0.717) is 25.9 Å². The minimum absolute atomic E-state index is 0.233. The zero-order valence-electron chi connectivity index (χ0n) is 14.1. The lowest BCUT2D eigenvalue weighted by Crippen LogP contribution is -2.51. The van der Waals surface area contributed by atoms with Crippen LogP contribution in [-0.4, -0.2) is 48.8 Å². The Morgan fingerprint density at radius 1 is 1.20 bits per heavy atom. The van der Waals surface area contributed by atoms with Gasteiger partial charge >= 0.3 is 6.03 Å². The van der Waals surface area contributed by atoms with Crippen molar-refractivity contribution >= 4 is 17.7 Å². The summed E-state index contributed by atoms with van der Waals surface area (Å²) >= 11 is 0. The number of likely N-dealkylation sites (tertiary alicyclic amines) is 1. The summed E-state index contributed by atoms with van der Waals surface area (Å²) in [4.78, 5) is 37.4. The molecule has 0 aliphatic carbocycles. The Labute approximate surface area is 144 Å². The Balaban J connectivity index is 1.95. The lowest BCUT2D eigenvalue weighted by Gasteiger charge is -2.34. The Kier molecular flexibility index (Phi) is 6.19. The largest absolute Gasteiger partial charge is 0.341 e. The maximum atomic E-state index is 13.8. The number of halogens is 2. The SMILES string of the molecule is CNC(=O)NC(=O)C(C)N1CCC(C(=O)c2cc(F)ccc2F)CC1. The number of benzene rings is 1. The fourth-order valence-electron chi connectivity index (χ4n) is 2.90. The van der Waals surface area contributed by atoms with Crippen LogP contribution < -0.4 is 10.6 Å². The van der Waals surface area contributed by atoms with E-state index in [2.05, 4.69) is 10.6 Å². The van der Waals surface area contributed by atoms with E-state index in [1.165, 1.54) is 7.05 Å². The Morgan fingerprint density at radius 2 is 1.84 bits per heavy atom. The zero-order chi connectivity index (χ0) is 18.6. The molecule has 1 aromatic carbocycles. The molecule has 1 unspecified atom stereocenters. The quantitative estimate of drug-likeness (QED) is 0.808. The highest BCUT2D eigenvalue weighted by Crippen LogP contribution is 2.24. The van der Waals surface area contributed by atoms with E-state index in [0.717, 1.165) is 18.2 Å². The Hall–Kier alpha value is -2.35. The van der Waals surface area contributed by atoms with Crippen molar-refractivity contribution < 1.29 is 23.2 Å². The number of hydrogen-bond donors (Lipinski definition) is 2. The number of nitrogens with zero attached hydrogens (tertiary/aromatic N) is 1. The number of hydrogen-bond acceptors (Lipinski definition) is 4. The van der Waals surface area contributed by atoms with Crippen molar-refractivity contribution in [2.75, 3.05) is 20.1 Å². The van der Waals surface area contributed by atoms with Crippen LogP contribution in [0.1, 0.15) is 30.1 Å². The zero-order valence-corrected chi connectivity index (χ0v) is 14.1. The number of amides is 3. The summed E-state index contributed by atoms with van der Waals surface area (Å²) in [5.74, 6) is -2.64. The van der Waals surface area contributed by atoms with Crippen molar-refractivity contribution in [1.82, 2.24) is 15.5 Å². The molecule has 1 saturated heterocycles. The molecular formula is C17H21F2N3O3. The molecule has 1 heterocycles. The number of piperidine rings is 1. The van der Waals surface area contributed by atoms with Crippen molar-refractivity contribution in [1.29, 1.82) is 0 Å². The molecule has 0 radical (unpaired) electrons. The second-order valence-electron chi connectivity index (χ2n) is 6.04. The van der Waals surface area contributed by atoms with Crippen LogP contribution in [0.3, 0.4) is 0 Å². The predicted octanol–water partition coefficient (Wildman–Crippen LogP) is 1.70. The summed E-state index contributed by atoms with van der Waals surface area (Å²) in [7, 11) is 1.41. The van der Waals surface area contributed by atoms with Gasteiger partial charge in [-0.05, 0) is 51.1 Å². The predicted molar refractivity (Wildman–Crippen MR) is 87.0 cm³/mol. The lowest BCUT2D eigenvalue weighted by atomic mass is 9.88. The van der Waals surface area contributed by atoms with Crippen LogP contribution in [0.4, 0.5) is 13.6 Å². The third-order valence-corrected chi connectivity index (χ3v) is 4.49. The maximum Gasteiger partial charge on any atom is 0.321 e. The maximum absolute atomic E-state index is 13.8. The van der Waals surface area contributed by atoms with Crippen molar-refractivity contribution in [3.05, 3.63) is 35.4 Å². The van der Waals surface area contributed by atoms with Gasteiger partial charge in [0.1, 0.15) is 11.6 Å². The lowest BCUT2D eigenvalue weighted by molar-refractivity contribution is -0.125. The first kappa shape index (κ1) is 19.0. The molecule has 1 aliphatic rings. The van der Waals surface area contributed by atoms with Crippen LogP contribution in [0.2, 0.25) is 0 Å². The van der Waals surface area contributed by atoms with Gasteiger partial charge in [-0.1, -0.05) is 0 Å². The molecular weight excluding hydrogens is 332 g/mol. The van der Waals surface area contributed by atoms with E-state index in [1.54, 1.807) is 6.92 Å². The van der Waals surface area contributed by atoms with Crippen molar-refractivity contribution in [3.8, 4) is 0 Å². The molecule has 1 fully saturated rings. The van der Waals surface area contributed by atoms with Crippen molar-refractivity contribution in [2.45, 2.75) is 25.8 Å². The second kappa shape index (κ2) is 8.15. The van der Waals surface area contributed by atoms with Gasteiger partial charge in [0.2, 0.25) is 5.91 Å². The van der Waals surface area contributed by atoms with E-state index in [1.807, 2.05) is 4.90 Å². The molecule has 2 rings (SSSR count). The monoisotopic (exact) mass is 353 g/mol. The van der Waals surface area contributed by atoms with E-state index in [9.17, 15) is 23.2 Å². The number of nitrogens with one attached hydrogen (secondary N) is 2. The third kappa shape index (κ3) is 4.60. The Bertz CT molecular complexity index is 673. The average Bonchev–Trinajstić information content (AvgIpc) is 2.62. The third-order valence-electron chi connectivity index (χ3n) is 4.49. The van der Waals surface area contributed by atoms with Crippen LogP contribution in [0.5, 0.6) is 0 Å². The standard InChI is InChI=1S/C17H21F2N3O3/c1-10(16(24)21-17(25)20-2)22-7-5-11(6-8-22)15(23)13-9-12(18)3-4-14(13)19/h3-4,9-11H,5-8H2,1-2H3,(H2,20,21,24,25). The number of rotatable bonds is 4. The minimum atomic E-state index is -0.729. The Morgan fingerprint density at radius 3 is 2.44 bits per heavy atom. The van der Waals surface area contributed by atoms with Gasteiger partial charge in [-0.2, -0.15) is 0 Å². The summed E-state index contributed by atoms with van der Waals surface area (Å²) in [5, 5.41) is 4.51. The second-order valence-corrected chi connectivity index (χ2v) is 6.04. The summed E-state index contributed by atoms with van der Waals surface area (Å²) in [6, 6.07) is 1.73. The molecule has 8 heteroatoms. The number of carbonyl (C=O) groups excluding carboxylic acids is 3. The van der Waals surface area contributed by atoms with Gasteiger partial charge in [0, 0.05) is 13.0 Å². The summed E-state index contributed by atoms with van der Waals surface area (Å²) in [6.45, 7) is 2.58. The summed E-state index contributed by atoms with van der Waals surface area (Å²) in [5.41, 5.74) is -0.233. The van der Waals surface area contributed by atoms with Gasteiger partial charge in [-0.25, -0.2) is 13.6 Å². The molecule has 1 atom stereocenters. The number of ketones is 1. The van der Waals surface area contributed by atoms with Gasteiger partial charge < -0.3 is 5.32 Å². The molecule has 1 aromatic rings. The molecule has 1 aliphatic heterocycles. The van der Waals surface area contributed by atoms with Gasteiger partial charge in [-0.3, -0.25) is 19.8 Å². The van der Waals surface area contributed by atoms with Crippen LogP contribution in [0.25, 0.3) is 0 Å². The average molecular weight is 353 g/mol. The van der Waals surface area contributed by atoms with Crippen LogP contribution in [0, 0.1) is 17.6 Å². The summed E-state index contributed by atoms with van der Waals surface area (Å²) in [6.07, 6.45) is 0.874. The molecule has 0 spiro atoms. The van der Waals surface area contributed by atoms with Crippen molar-refractivity contribution in [3.63, 3.8) is 0 Å². The van der Waals surface area contributed by atoms with Gasteiger partial charge in [-0.15, -0.1) is 0 Å². The normalized spacial score (nSPS) is 17.0. The molecule has 6 nitrogen and oxygen atoms in total. The first-order valence-corrected chi connectivity index (χ1v) is 8.09. The highest BCUT2D eigenvalue weighted by molar-refractivity contribution is 5.98. The van der Waals surface area contributed by atoms with E-state index >= 15 is 0 Å². The molecule has 25 heavy (non-hydrogen) atoms. The summed E-state index contributed by atoms with van der Waals surface area (Å²) < 4.78 is 27.0. The molecule has 0 saturated carbocycles. The minimum Gasteiger partial charge on any atom is -0.341 e. The van der Waals surface area contributed by atoms with E-state index in [-0.39, 0.29) is 5.56 Å². The van der Waals surface area contributed by atoms with Gasteiger partial charge in [0.15, 0.2) is 5.78 Å². The number of Topliss-reactive ketones (excluding diaryl/α,β-unsaturated/α-hetero) is 1. The molecule has 2 N–H and O–H groups in total. The highest BCUT2D eigenvalue weighted by atomic mass is 19.1. The van der Waals surface area contributed by atoms with Crippen molar-refractivity contribution in [2.24, 2.45) is 5.92 Å². The number of carbonyl (C=O) groups is 3. The van der Waals surface area contributed by atoms with E-state index in [4.69, 9.17) is 0 Å². The van der Waals surface area contributed by atoms with Crippen LogP contribution in [-0.2, 0) is 4.79 Å². The number of urea groups is 1.